The van der Waals surface area contributed by atoms with Gasteiger partial charge in [-0.2, -0.15) is 0 Å². The molecule has 0 saturated carbocycles. The number of nitrogens with one attached hydrogen (secondary N) is 1. The first-order valence-electron chi connectivity index (χ1n) is 9.02. The maximum Gasteiger partial charge on any atom is 0.248 e. The van der Waals surface area contributed by atoms with Crippen LogP contribution in [0.2, 0.25) is 0 Å². The van der Waals surface area contributed by atoms with E-state index in [4.69, 9.17) is 0 Å². The lowest BCUT2D eigenvalue weighted by molar-refractivity contribution is -0.111. The highest BCUT2D eigenvalue weighted by Crippen LogP contribution is 2.25. The number of hydrogen-bond donors (Lipinski definition) is 1. The maximum atomic E-state index is 13.9. The molecule has 1 N–H and O–H groups in total. The summed E-state index contributed by atoms with van der Waals surface area (Å²) < 4.78 is 41.2. The molecule has 0 aromatic heterocycles. The Labute approximate surface area is 162 Å². The third kappa shape index (κ3) is 4.36. The van der Waals surface area contributed by atoms with Gasteiger partial charge in [-0.3, -0.25) is 4.79 Å². The van der Waals surface area contributed by atoms with Gasteiger partial charge in [0.25, 0.3) is 0 Å². The summed E-state index contributed by atoms with van der Waals surface area (Å²) in [5, 5.41) is 2.19. The van der Waals surface area contributed by atoms with E-state index in [1.807, 2.05) is 24.3 Å². The predicted molar refractivity (Wildman–Crippen MR) is 105 cm³/mol. The van der Waals surface area contributed by atoms with Crippen molar-refractivity contribution < 1.29 is 18.0 Å². The molecule has 1 fully saturated rings. The fourth-order valence-electron chi connectivity index (χ4n) is 3.08. The van der Waals surface area contributed by atoms with E-state index < -0.39 is 34.6 Å². The first-order valence-corrected chi connectivity index (χ1v) is 9.02. The van der Waals surface area contributed by atoms with Crippen LogP contribution in [0.4, 0.5) is 24.5 Å². The quantitative estimate of drug-likeness (QED) is 0.638. The van der Waals surface area contributed by atoms with Crippen molar-refractivity contribution in [2.45, 2.75) is 6.92 Å². The smallest absolute Gasteiger partial charge is 0.248 e. The van der Waals surface area contributed by atoms with Crippen molar-refractivity contribution in [3.63, 3.8) is 0 Å². The molecule has 2 aromatic rings. The number of rotatable bonds is 4. The molecule has 28 heavy (non-hydrogen) atoms. The Hall–Kier alpha value is -2.80. The number of piperazine rings is 1. The van der Waals surface area contributed by atoms with Gasteiger partial charge in [0.05, 0.1) is 5.69 Å². The molecular formula is C21H22F3N3O. The van der Waals surface area contributed by atoms with E-state index in [0.29, 0.717) is 0 Å². The third-order valence-electron chi connectivity index (χ3n) is 4.84. The zero-order chi connectivity index (χ0) is 20.3. The SMILES string of the molecule is Cc1c(F)cc(NC(=O)C=Cc2ccccc2N2CCN(C)CC2)c(F)c1F. The average Bonchev–Trinajstić information content (AvgIpc) is 2.70. The van der Waals surface area contributed by atoms with Gasteiger partial charge in [-0.25, -0.2) is 13.2 Å². The lowest BCUT2D eigenvalue weighted by Crippen LogP contribution is -2.44. The highest BCUT2D eigenvalue weighted by molar-refractivity contribution is 6.02. The summed E-state index contributed by atoms with van der Waals surface area (Å²) in [6, 6.07) is 8.42. The monoisotopic (exact) mass is 389 g/mol. The molecule has 2 aromatic carbocycles. The number of anilines is 2. The molecule has 0 atom stereocenters. The fourth-order valence-corrected chi connectivity index (χ4v) is 3.08. The average molecular weight is 389 g/mol. The lowest BCUT2D eigenvalue weighted by atomic mass is 10.1. The Balaban J connectivity index is 1.75. The van der Waals surface area contributed by atoms with Crippen molar-refractivity contribution in [2.24, 2.45) is 0 Å². The summed E-state index contributed by atoms with van der Waals surface area (Å²) in [7, 11) is 2.07. The van der Waals surface area contributed by atoms with Crippen molar-refractivity contribution in [1.82, 2.24) is 4.90 Å². The van der Waals surface area contributed by atoms with Gasteiger partial charge in [0, 0.05) is 49.6 Å². The van der Waals surface area contributed by atoms with Gasteiger partial charge in [0.15, 0.2) is 11.6 Å². The van der Waals surface area contributed by atoms with Crippen molar-refractivity contribution in [2.75, 3.05) is 43.4 Å². The molecular weight excluding hydrogens is 367 g/mol. The van der Waals surface area contributed by atoms with Crippen LogP contribution in [-0.4, -0.2) is 44.0 Å². The van der Waals surface area contributed by atoms with Gasteiger partial charge < -0.3 is 15.1 Å². The molecule has 4 nitrogen and oxygen atoms in total. The molecule has 0 spiro atoms. The molecule has 0 aliphatic carbocycles. The molecule has 1 amide bonds. The second-order valence-electron chi connectivity index (χ2n) is 6.83. The molecule has 1 heterocycles. The van der Waals surface area contributed by atoms with Crippen molar-refractivity contribution in [3.05, 3.63) is 65.0 Å². The van der Waals surface area contributed by atoms with E-state index in [1.54, 1.807) is 6.08 Å². The number of hydrogen-bond acceptors (Lipinski definition) is 3. The lowest BCUT2D eigenvalue weighted by Gasteiger charge is -2.34. The number of benzene rings is 2. The van der Waals surface area contributed by atoms with E-state index >= 15 is 0 Å². The number of halogens is 3. The summed E-state index contributed by atoms with van der Waals surface area (Å²) in [5.74, 6) is -4.17. The molecule has 0 radical (unpaired) electrons. The van der Waals surface area contributed by atoms with Gasteiger partial charge in [0.2, 0.25) is 5.91 Å². The number of likely N-dealkylation sites (N-methyl/N-ethyl adjacent to an activating group) is 1. The summed E-state index contributed by atoms with van der Waals surface area (Å²) in [4.78, 5) is 16.6. The van der Waals surface area contributed by atoms with Crippen molar-refractivity contribution in [1.29, 1.82) is 0 Å². The highest BCUT2D eigenvalue weighted by Gasteiger charge is 2.18. The van der Waals surface area contributed by atoms with Gasteiger partial charge in [0.1, 0.15) is 5.82 Å². The standard InChI is InChI=1S/C21H22F3N3O/c1-14-16(22)13-17(21(24)20(14)23)25-19(28)8-7-15-5-3-4-6-18(15)27-11-9-26(2)10-12-27/h3-8,13H,9-12H2,1-2H3,(H,25,28). The summed E-state index contributed by atoms with van der Waals surface area (Å²) >= 11 is 0. The van der Waals surface area contributed by atoms with E-state index in [-0.39, 0.29) is 0 Å². The summed E-state index contributed by atoms with van der Waals surface area (Å²) in [6.07, 6.45) is 2.84. The van der Waals surface area contributed by atoms with Crippen LogP contribution in [-0.2, 0) is 4.79 Å². The normalized spacial score (nSPS) is 15.2. The molecule has 148 valence electrons. The summed E-state index contributed by atoms with van der Waals surface area (Å²) in [6.45, 7) is 4.78. The number of carbonyl (C=O) groups excluding carboxylic acids is 1. The topological polar surface area (TPSA) is 35.6 Å². The van der Waals surface area contributed by atoms with E-state index in [0.717, 1.165) is 50.4 Å². The van der Waals surface area contributed by atoms with E-state index in [9.17, 15) is 18.0 Å². The van der Waals surface area contributed by atoms with E-state index in [1.165, 1.54) is 6.08 Å². The first kappa shape index (κ1) is 19.9. The largest absolute Gasteiger partial charge is 0.368 e. The van der Waals surface area contributed by atoms with Gasteiger partial charge in [-0.15, -0.1) is 0 Å². The Morgan fingerprint density at radius 3 is 2.46 bits per heavy atom. The minimum Gasteiger partial charge on any atom is -0.368 e. The van der Waals surface area contributed by atoms with Crippen LogP contribution < -0.4 is 10.2 Å². The predicted octanol–water partition coefficient (Wildman–Crippen LogP) is 3.82. The zero-order valence-electron chi connectivity index (χ0n) is 15.8. The maximum absolute atomic E-state index is 13.9. The van der Waals surface area contributed by atoms with Crippen LogP contribution in [0.15, 0.2) is 36.4 Å². The first-order chi connectivity index (χ1) is 13.4. The van der Waals surface area contributed by atoms with Crippen molar-refractivity contribution in [3.8, 4) is 0 Å². The van der Waals surface area contributed by atoms with Crippen LogP contribution in [0.5, 0.6) is 0 Å². The number of nitrogens with zero attached hydrogens (tertiary/aromatic N) is 2. The molecule has 7 heteroatoms. The highest BCUT2D eigenvalue weighted by atomic mass is 19.2. The molecule has 0 unspecified atom stereocenters. The van der Waals surface area contributed by atoms with Crippen LogP contribution in [0.1, 0.15) is 11.1 Å². The molecule has 3 rings (SSSR count). The van der Waals surface area contributed by atoms with Crippen molar-refractivity contribution >= 4 is 23.4 Å². The van der Waals surface area contributed by atoms with Crippen LogP contribution in [0.25, 0.3) is 6.08 Å². The Morgan fingerprint density at radius 2 is 1.75 bits per heavy atom. The third-order valence-corrected chi connectivity index (χ3v) is 4.84. The molecule has 1 aliphatic rings. The molecule has 1 aliphatic heterocycles. The van der Waals surface area contributed by atoms with Gasteiger partial charge in [-0.05, 0) is 31.7 Å². The fraction of sp³-hybridized carbons (Fsp3) is 0.286. The van der Waals surface area contributed by atoms with Crippen LogP contribution in [0.3, 0.4) is 0 Å². The minimum atomic E-state index is -1.31. The Morgan fingerprint density at radius 1 is 1.07 bits per heavy atom. The van der Waals surface area contributed by atoms with Gasteiger partial charge >= 0.3 is 0 Å². The van der Waals surface area contributed by atoms with Crippen LogP contribution in [0, 0.1) is 24.4 Å². The Kier molecular flexibility index (Phi) is 6.04. The zero-order valence-corrected chi connectivity index (χ0v) is 15.8. The van der Waals surface area contributed by atoms with Crippen LogP contribution >= 0.6 is 0 Å². The number of carbonyl (C=O) groups is 1. The second-order valence-corrected chi connectivity index (χ2v) is 6.83. The number of para-hydroxylation sites is 1. The van der Waals surface area contributed by atoms with E-state index in [2.05, 4.69) is 22.2 Å². The molecule has 1 saturated heterocycles. The second kappa shape index (κ2) is 8.48. The Bertz CT molecular complexity index is 906. The summed E-state index contributed by atoms with van der Waals surface area (Å²) in [5.41, 5.74) is 0.886. The number of amides is 1. The minimum absolute atomic E-state index is 0.424. The van der Waals surface area contributed by atoms with Gasteiger partial charge in [-0.1, -0.05) is 18.2 Å². The molecule has 0 bridgehead atoms.